The van der Waals surface area contributed by atoms with E-state index in [1.165, 1.54) is 94.6 Å². The van der Waals surface area contributed by atoms with Crippen LogP contribution in [-0.4, -0.2) is 0 Å². The van der Waals surface area contributed by atoms with E-state index >= 15 is 0 Å². The minimum absolute atomic E-state index is 0.249. The van der Waals surface area contributed by atoms with Crippen LogP contribution in [0.4, 0.5) is 0 Å². The molecule has 50 heavy (non-hydrogen) atoms. The Balaban J connectivity index is 1.19. The van der Waals surface area contributed by atoms with Gasteiger partial charge in [-0.05, 0) is 131 Å². The minimum atomic E-state index is 0.249. The first-order valence-electron chi connectivity index (χ1n) is 17.6. The van der Waals surface area contributed by atoms with Gasteiger partial charge in [-0.25, -0.2) is 0 Å². The highest BCUT2D eigenvalue weighted by atomic mass is 14.3. The van der Waals surface area contributed by atoms with Crippen molar-refractivity contribution in [3.8, 4) is 66.8 Å². The second kappa shape index (κ2) is 11.7. The van der Waals surface area contributed by atoms with Gasteiger partial charge in [0, 0.05) is 5.92 Å². The first-order valence-corrected chi connectivity index (χ1v) is 17.6. The molecule has 0 spiro atoms. The largest absolute Gasteiger partial charge is 0.0622 e. The zero-order chi connectivity index (χ0) is 33.0. The lowest BCUT2D eigenvalue weighted by molar-refractivity contribution is 1.02. The second-order valence-electron chi connectivity index (χ2n) is 13.7. The minimum Gasteiger partial charge on any atom is -0.0622 e. The van der Waals surface area contributed by atoms with Crippen LogP contribution < -0.4 is 0 Å². The Kier molecular flexibility index (Phi) is 6.74. The molecule has 10 rings (SSSR count). The van der Waals surface area contributed by atoms with E-state index in [0.29, 0.717) is 0 Å². The van der Waals surface area contributed by atoms with Crippen molar-refractivity contribution in [1.29, 1.82) is 0 Å². The molecule has 0 aromatic heterocycles. The summed E-state index contributed by atoms with van der Waals surface area (Å²) in [5.41, 5.74) is 22.3. The van der Waals surface area contributed by atoms with Gasteiger partial charge in [0.25, 0.3) is 0 Å². The van der Waals surface area contributed by atoms with Crippen molar-refractivity contribution < 1.29 is 0 Å². The van der Waals surface area contributed by atoms with Gasteiger partial charge in [0.15, 0.2) is 0 Å². The molecule has 0 nitrogen and oxygen atoms in total. The molecule has 0 amide bonds. The summed E-state index contributed by atoms with van der Waals surface area (Å²) in [5, 5.41) is 0. The Bertz CT molecular complexity index is 2480. The maximum absolute atomic E-state index is 2.46. The molecule has 0 saturated heterocycles. The fourth-order valence-corrected chi connectivity index (χ4v) is 8.44. The lowest BCUT2D eigenvalue weighted by atomic mass is 9.86. The summed E-state index contributed by atoms with van der Waals surface area (Å²) < 4.78 is 0. The predicted molar refractivity (Wildman–Crippen MR) is 209 cm³/mol. The molecule has 0 heterocycles. The Morgan fingerprint density at radius 3 is 1.56 bits per heavy atom. The number of rotatable bonds is 5. The van der Waals surface area contributed by atoms with Crippen molar-refractivity contribution in [2.45, 2.75) is 12.3 Å². The summed E-state index contributed by atoms with van der Waals surface area (Å²) in [6.45, 7) is 0. The molecule has 0 N–H and O–H groups in total. The molecular formula is C50H34. The summed E-state index contributed by atoms with van der Waals surface area (Å²) in [6, 6.07) is 69.7. The number of benzene rings is 8. The Morgan fingerprint density at radius 2 is 0.840 bits per heavy atom. The fourth-order valence-electron chi connectivity index (χ4n) is 8.44. The SMILES string of the molecule is c1ccc(-c2cc(-c3ccccc3)cc(-c3cc(-c4ccc5c(c4)-c4ccccc4C5c4ccccc4)cc4c3-c3ccccc3C4)c2)cc1. The molecule has 8 aromatic rings. The molecule has 0 heteroatoms. The first-order chi connectivity index (χ1) is 24.8. The van der Waals surface area contributed by atoms with E-state index in [2.05, 4.69) is 188 Å². The molecule has 2 aliphatic carbocycles. The molecule has 8 aromatic carbocycles. The quantitative estimate of drug-likeness (QED) is 0.177. The van der Waals surface area contributed by atoms with Crippen molar-refractivity contribution in [2.24, 2.45) is 0 Å². The molecule has 2 aliphatic rings. The van der Waals surface area contributed by atoms with Gasteiger partial charge in [0.1, 0.15) is 0 Å². The van der Waals surface area contributed by atoms with Gasteiger partial charge in [-0.1, -0.05) is 158 Å². The van der Waals surface area contributed by atoms with Crippen LogP contribution in [0.1, 0.15) is 33.7 Å². The lowest BCUT2D eigenvalue weighted by Gasteiger charge is -2.17. The second-order valence-corrected chi connectivity index (χ2v) is 13.7. The predicted octanol–water partition coefficient (Wildman–Crippen LogP) is 13.1. The van der Waals surface area contributed by atoms with Crippen molar-refractivity contribution in [1.82, 2.24) is 0 Å². The molecule has 0 aliphatic heterocycles. The van der Waals surface area contributed by atoms with E-state index in [1.54, 1.807) is 0 Å². The van der Waals surface area contributed by atoms with Crippen LogP contribution in [-0.2, 0) is 6.42 Å². The Labute approximate surface area is 294 Å². The van der Waals surface area contributed by atoms with Gasteiger partial charge in [-0.15, -0.1) is 0 Å². The highest BCUT2D eigenvalue weighted by Gasteiger charge is 2.30. The summed E-state index contributed by atoms with van der Waals surface area (Å²) in [7, 11) is 0. The van der Waals surface area contributed by atoms with Crippen molar-refractivity contribution in [3.05, 3.63) is 216 Å². The average Bonchev–Trinajstić information content (AvgIpc) is 3.74. The molecule has 0 saturated carbocycles. The molecule has 0 radical (unpaired) electrons. The van der Waals surface area contributed by atoms with Crippen LogP contribution in [0.3, 0.4) is 0 Å². The van der Waals surface area contributed by atoms with Crippen LogP contribution >= 0.6 is 0 Å². The summed E-state index contributed by atoms with van der Waals surface area (Å²) in [4.78, 5) is 0. The third-order valence-corrected chi connectivity index (χ3v) is 10.7. The Morgan fingerprint density at radius 1 is 0.300 bits per heavy atom. The molecular weight excluding hydrogens is 601 g/mol. The Hall–Kier alpha value is -6.24. The van der Waals surface area contributed by atoms with Crippen LogP contribution in [0, 0.1) is 0 Å². The van der Waals surface area contributed by atoms with Crippen LogP contribution in [0.25, 0.3) is 66.8 Å². The number of fused-ring (bicyclic) bond motifs is 6. The highest BCUT2D eigenvalue weighted by Crippen LogP contribution is 2.51. The normalized spacial score (nSPS) is 13.7. The fraction of sp³-hybridized carbons (Fsp3) is 0.0400. The van der Waals surface area contributed by atoms with E-state index in [-0.39, 0.29) is 5.92 Å². The summed E-state index contributed by atoms with van der Waals surface area (Å²) in [6.07, 6.45) is 0.945. The van der Waals surface area contributed by atoms with Gasteiger partial charge >= 0.3 is 0 Å². The highest BCUT2D eigenvalue weighted by molar-refractivity contribution is 5.96. The number of hydrogen-bond donors (Lipinski definition) is 0. The first kappa shape index (κ1) is 28.7. The van der Waals surface area contributed by atoms with E-state index in [1.807, 2.05) is 0 Å². The monoisotopic (exact) mass is 634 g/mol. The summed E-state index contributed by atoms with van der Waals surface area (Å²) in [5.74, 6) is 0.249. The molecule has 1 unspecified atom stereocenters. The number of hydrogen-bond acceptors (Lipinski definition) is 0. The van der Waals surface area contributed by atoms with E-state index in [9.17, 15) is 0 Å². The van der Waals surface area contributed by atoms with Crippen LogP contribution in [0.15, 0.2) is 188 Å². The lowest BCUT2D eigenvalue weighted by Crippen LogP contribution is -1.98. The van der Waals surface area contributed by atoms with Gasteiger partial charge in [0.05, 0.1) is 0 Å². The molecule has 234 valence electrons. The maximum Gasteiger partial charge on any atom is 0.0352 e. The van der Waals surface area contributed by atoms with E-state index in [4.69, 9.17) is 0 Å². The van der Waals surface area contributed by atoms with Crippen LogP contribution in [0.2, 0.25) is 0 Å². The topological polar surface area (TPSA) is 0 Å². The van der Waals surface area contributed by atoms with Crippen molar-refractivity contribution in [3.63, 3.8) is 0 Å². The third-order valence-electron chi connectivity index (χ3n) is 10.7. The maximum atomic E-state index is 2.46. The van der Waals surface area contributed by atoms with Crippen molar-refractivity contribution in [2.75, 3.05) is 0 Å². The van der Waals surface area contributed by atoms with Gasteiger partial charge < -0.3 is 0 Å². The molecule has 0 bridgehead atoms. The standard InChI is InChI=1S/C50H34/c1-4-14-33(15-5-1)38-27-39(34-16-6-2-7-17-34)29-41(28-38)47-32-40(30-42-26-37-20-10-11-21-43(37)50(42)47)36-24-25-46-48(31-36)44-22-12-13-23-45(44)49(46)35-18-8-3-9-19-35/h1-25,27-32,49H,26H2. The van der Waals surface area contributed by atoms with Gasteiger partial charge in [0.2, 0.25) is 0 Å². The van der Waals surface area contributed by atoms with Gasteiger partial charge in [-0.2, -0.15) is 0 Å². The van der Waals surface area contributed by atoms with E-state index < -0.39 is 0 Å². The van der Waals surface area contributed by atoms with Crippen molar-refractivity contribution >= 4 is 0 Å². The zero-order valence-electron chi connectivity index (χ0n) is 27.7. The van der Waals surface area contributed by atoms with E-state index in [0.717, 1.165) is 6.42 Å². The van der Waals surface area contributed by atoms with Crippen LogP contribution in [0.5, 0.6) is 0 Å². The smallest absolute Gasteiger partial charge is 0.0352 e. The van der Waals surface area contributed by atoms with Gasteiger partial charge in [-0.3, -0.25) is 0 Å². The average molecular weight is 635 g/mol. The molecule has 1 atom stereocenters. The summed E-state index contributed by atoms with van der Waals surface area (Å²) >= 11 is 0. The zero-order valence-corrected chi connectivity index (χ0v) is 27.7. The third kappa shape index (κ3) is 4.76. The molecule has 0 fully saturated rings.